The smallest absolute Gasteiger partial charge is 0.196 e. The van der Waals surface area contributed by atoms with Crippen LogP contribution in [0.3, 0.4) is 0 Å². The summed E-state index contributed by atoms with van der Waals surface area (Å²) < 4.78 is 0. The SMILES string of the molecule is C=CCON=C(NO)c1ccccc1. The molecular weight excluding hydrogens is 180 g/mol. The summed E-state index contributed by atoms with van der Waals surface area (Å²) in [6, 6.07) is 9.17. The largest absolute Gasteiger partial charge is 0.390 e. The van der Waals surface area contributed by atoms with Crippen molar-refractivity contribution < 1.29 is 10.0 Å². The lowest BCUT2D eigenvalue weighted by atomic mass is 10.2. The standard InChI is InChI=1S/C10H12N2O2/c1-2-8-14-12-10(11-13)9-6-4-3-5-7-9/h2-7,13H,1,8H2,(H,11,12). The van der Waals surface area contributed by atoms with Crippen molar-refractivity contribution in [2.45, 2.75) is 0 Å². The van der Waals surface area contributed by atoms with Crippen molar-refractivity contribution in [3.05, 3.63) is 48.6 Å². The second-order valence-corrected chi connectivity index (χ2v) is 2.50. The molecule has 0 radical (unpaired) electrons. The van der Waals surface area contributed by atoms with Crippen LogP contribution in [-0.2, 0) is 4.84 Å². The van der Waals surface area contributed by atoms with Gasteiger partial charge in [-0.2, -0.15) is 0 Å². The lowest BCUT2D eigenvalue weighted by Gasteiger charge is -2.03. The molecule has 0 aromatic heterocycles. The van der Waals surface area contributed by atoms with E-state index >= 15 is 0 Å². The minimum absolute atomic E-state index is 0.271. The van der Waals surface area contributed by atoms with E-state index in [2.05, 4.69) is 11.7 Å². The van der Waals surface area contributed by atoms with Gasteiger partial charge in [0.1, 0.15) is 6.61 Å². The Kier molecular flexibility index (Phi) is 4.23. The van der Waals surface area contributed by atoms with Crippen LogP contribution < -0.4 is 5.48 Å². The van der Waals surface area contributed by atoms with E-state index in [0.717, 1.165) is 5.56 Å². The van der Waals surface area contributed by atoms with Gasteiger partial charge in [-0.3, -0.25) is 5.21 Å². The Morgan fingerprint density at radius 1 is 1.50 bits per heavy atom. The van der Waals surface area contributed by atoms with Gasteiger partial charge in [0.05, 0.1) is 0 Å². The second-order valence-electron chi connectivity index (χ2n) is 2.50. The van der Waals surface area contributed by atoms with Crippen LogP contribution >= 0.6 is 0 Å². The molecule has 14 heavy (non-hydrogen) atoms. The molecule has 0 amide bonds. The van der Waals surface area contributed by atoms with Crippen molar-refractivity contribution in [1.29, 1.82) is 0 Å². The van der Waals surface area contributed by atoms with Gasteiger partial charge in [-0.25, -0.2) is 5.48 Å². The quantitative estimate of drug-likeness (QED) is 0.250. The van der Waals surface area contributed by atoms with Crippen LogP contribution in [0.2, 0.25) is 0 Å². The number of hydroxylamine groups is 1. The highest BCUT2D eigenvalue weighted by Gasteiger charge is 2.00. The summed E-state index contributed by atoms with van der Waals surface area (Å²) in [5.74, 6) is 0.271. The summed E-state index contributed by atoms with van der Waals surface area (Å²) in [6.07, 6.45) is 1.57. The first-order valence-corrected chi connectivity index (χ1v) is 4.15. The molecule has 0 unspecified atom stereocenters. The molecule has 4 heteroatoms. The molecular formula is C10H12N2O2. The molecule has 0 saturated carbocycles. The molecule has 1 rings (SSSR count). The number of oxime groups is 1. The second kappa shape index (κ2) is 5.77. The monoisotopic (exact) mass is 192 g/mol. The van der Waals surface area contributed by atoms with Crippen LogP contribution in [0.5, 0.6) is 0 Å². The molecule has 0 atom stereocenters. The molecule has 1 aromatic rings. The van der Waals surface area contributed by atoms with Crippen molar-refractivity contribution >= 4 is 5.84 Å². The molecule has 0 spiro atoms. The summed E-state index contributed by atoms with van der Waals surface area (Å²) in [5.41, 5.74) is 2.72. The van der Waals surface area contributed by atoms with E-state index in [9.17, 15) is 0 Å². The molecule has 0 heterocycles. The topological polar surface area (TPSA) is 53.8 Å². The zero-order valence-electron chi connectivity index (χ0n) is 7.68. The van der Waals surface area contributed by atoms with E-state index in [1.165, 1.54) is 0 Å². The van der Waals surface area contributed by atoms with E-state index in [1.54, 1.807) is 18.2 Å². The van der Waals surface area contributed by atoms with Gasteiger partial charge in [0.2, 0.25) is 0 Å². The number of rotatable bonds is 4. The highest BCUT2D eigenvalue weighted by atomic mass is 16.6. The first-order chi connectivity index (χ1) is 6.88. The third-order valence-electron chi connectivity index (χ3n) is 1.50. The predicted molar refractivity (Wildman–Crippen MR) is 54.1 cm³/mol. The normalized spacial score (nSPS) is 10.8. The first kappa shape index (κ1) is 10.3. The summed E-state index contributed by atoms with van der Waals surface area (Å²) in [7, 11) is 0. The van der Waals surface area contributed by atoms with Crippen LogP contribution in [0.4, 0.5) is 0 Å². The van der Waals surface area contributed by atoms with Crippen molar-refractivity contribution in [3.63, 3.8) is 0 Å². The molecule has 0 bridgehead atoms. The van der Waals surface area contributed by atoms with Gasteiger partial charge in [0.25, 0.3) is 0 Å². The lowest BCUT2D eigenvalue weighted by Crippen LogP contribution is -2.20. The van der Waals surface area contributed by atoms with Gasteiger partial charge >= 0.3 is 0 Å². The number of benzene rings is 1. The number of amidine groups is 1. The highest BCUT2D eigenvalue weighted by Crippen LogP contribution is 1.99. The fourth-order valence-corrected chi connectivity index (χ4v) is 0.888. The van der Waals surface area contributed by atoms with Crippen LogP contribution in [0, 0.1) is 0 Å². The summed E-state index contributed by atoms with van der Waals surface area (Å²) in [5, 5.41) is 12.5. The van der Waals surface area contributed by atoms with E-state index in [4.69, 9.17) is 10.0 Å². The number of nitrogens with zero attached hydrogens (tertiary/aromatic N) is 1. The number of nitrogens with one attached hydrogen (secondary N) is 1. The summed E-state index contributed by atoms with van der Waals surface area (Å²) >= 11 is 0. The zero-order valence-corrected chi connectivity index (χ0v) is 7.68. The maximum Gasteiger partial charge on any atom is 0.196 e. The lowest BCUT2D eigenvalue weighted by molar-refractivity contribution is 0.163. The maximum absolute atomic E-state index is 8.79. The maximum atomic E-state index is 8.79. The molecule has 4 nitrogen and oxygen atoms in total. The van der Waals surface area contributed by atoms with Gasteiger partial charge in [0.15, 0.2) is 5.84 Å². The molecule has 2 N–H and O–H groups in total. The van der Waals surface area contributed by atoms with E-state index in [1.807, 2.05) is 23.7 Å². The van der Waals surface area contributed by atoms with Crippen LogP contribution in [0.25, 0.3) is 0 Å². The van der Waals surface area contributed by atoms with Gasteiger partial charge in [-0.05, 0) is 0 Å². The van der Waals surface area contributed by atoms with Crippen molar-refractivity contribution in [2.24, 2.45) is 5.16 Å². The highest BCUT2D eigenvalue weighted by molar-refractivity contribution is 5.97. The van der Waals surface area contributed by atoms with E-state index in [-0.39, 0.29) is 5.84 Å². The Morgan fingerprint density at radius 3 is 2.79 bits per heavy atom. The third kappa shape index (κ3) is 2.91. The van der Waals surface area contributed by atoms with Gasteiger partial charge in [0, 0.05) is 5.56 Å². The molecule has 0 aliphatic rings. The van der Waals surface area contributed by atoms with Crippen molar-refractivity contribution in [3.8, 4) is 0 Å². The minimum Gasteiger partial charge on any atom is -0.390 e. The fourth-order valence-electron chi connectivity index (χ4n) is 0.888. The predicted octanol–water partition coefficient (Wildman–Crippen LogP) is 1.53. The summed E-state index contributed by atoms with van der Waals surface area (Å²) in [6.45, 7) is 3.78. The zero-order chi connectivity index (χ0) is 10.2. The summed E-state index contributed by atoms with van der Waals surface area (Å²) in [4.78, 5) is 4.84. The van der Waals surface area contributed by atoms with Crippen molar-refractivity contribution in [1.82, 2.24) is 5.48 Å². The minimum atomic E-state index is 0.271. The van der Waals surface area contributed by atoms with Gasteiger partial charge < -0.3 is 4.84 Å². The molecule has 0 aliphatic heterocycles. The number of hydrogen-bond donors (Lipinski definition) is 2. The molecule has 0 aliphatic carbocycles. The molecule has 1 aromatic carbocycles. The molecule has 74 valence electrons. The Labute approximate surface area is 82.5 Å². The van der Waals surface area contributed by atoms with Gasteiger partial charge in [-0.1, -0.05) is 48.1 Å². The Balaban J connectivity index is 2.71. The van der Waals surface area contributed by atoms with Crippen LogP contribution in [-0.4, -0.2) is 17.6 Å². The van der Waals surface area contributed by atoms with Gasteiger partial charge in [-0.15, -0.1) is 0 Å². The van der Waals surface area contributed by atoms with Crippen molar-refractivity contribution in [2.75, 3.05) is 6.61 Å². The van der Waals surface area contributed by atoms with Crippen LogP contribution in [0.1, 0.15) is 5.56 Å². The first-order valence-electron chi connectivity index (χ1n) is 4.15. The van der Waals surface area contributed by atoms with E-state index in [0.29, 0.717) is 6.61 Å². The fraction of sp³-hybridized carbons (Fsp3) is 0.100. The van der Waals surface area contributed by atoms with Crippen LogP contribution in [0.15, 0.2) is 48.1 Å². The average Bonchev–Trinajstić information content (AvgIpc) is 2.26. The molecule has 0 fully saturated rings. The number of hydrogen-bond acceptors (Lipinski definition) is 3. The Morgan fingerprint density at radius 2 is 2.21 bits per heavy atom. The Hall–Kier alpha value is -1.81. The Bertz CT molecular complexity index is 309. The van der Waals surface area contributed by atoms with E-state index < -0.39 is 0 Å². The average molecular weight is 192 g/mol. The third-order valence-corrected chi connectivity index (χ3v) is 1.50. The molecule has 0 saturated heterocycles.